The maximum absolute atomic E-state index is 13.0. The molecule has 1 aromatic heterocycles. The smallest absolute Gasteiger partial charge is 0.141 e. The zero-order valence-electron chi connectivity index (χ0n) is 9.82. The standard InChI is InChI=1S/C12H20FN3/c1-2-5-16(6-3-4-14)10-11-7-12(13)9-15-8-11/h7-9H,2-6,10,14H2,1H3. The van der Waals surface area contributed by atoms with Crippen molar-refractivity contribution < 1.29 is 4.39 Å². The summed E-state index contributed by atoms with van der Waals surface area (Å²) in [6, 6.07) is 1.54. The Morgan fingerprint density at radius 2 is 2.19 bits per heavy atom. The largest absolute Gasteiger partial charge is 0.330 e. The van der Waals surface area contributed by atoms with Gasteiger partial charge >= 0.3 is 0 Å². The number of aromatic nitrogens is 1. The molecule has 0 spiro atoms. The van der Waals surface area contributed by atoms with E-state index in [1.54, 1.807) is 6.20 Å². The molecule has 0 aliphatic heterocycles. The van der Waals surface area contributed by atoms with Crippen LogP contribution >= 0.6 is 0 Å². The first-order chi connectivity index (χ1) is 7.76. The summed E-state index contributed by atoms with van der Waals surface area (Å²) in [5.41, 5.74) is 6.41. The minimum Gasteiger partial charge on any atom is -0.330 e. The van der Waals surface area contributed by atoms with Gasteiger partial charge in [-0.25, -0.2) is 4.39 Å². The van der Waals surface area contributed by atoms with E-state index in [-0.39, 0.29) is 5.82 Å². The Labute approximate surface area is 96.5 Å². The van der Waals surface area contributed by atoms with Crippen LogP contribution < -0.4 is 5.73 Å². The maximum Gasteiger partial charge on any atom is 0.141 e. The predicted octanol–water partition coefficient (Wildman–Crippen LogP) is 1.78. The quantitative estimate of drug-likeness (QED) is 0.769. The van der Waals surface area contributed by atoms with Gasteiger partial charge < -0.3 is 5.73 Å². The summed E-state index contributed by atoms with van der Waals surface area (Å²) in [7, 11) is 0. The third-order valence-corrected chi connectivity index (χ3v) is 2.39. The molecule has 0 aliphatic rings. The molecule has 1 heterocycles. The van der Waals surface area contributed by atoms with Gasteiger partial charge in [-0.2, -0.15) is 0 Å². The fraction of sp³-hybridized carbons (Fsp3) is 0.583. The van der Waals surface area contributed by atoms with E-state index in [1.165, 1.54) is 12.3 Å². The average Bonchev–Trinajstić information content (AvgIpc) is 2.26. The Balaban J connectivity index is 2.52. The van der Waals surface area contributed by atoms with E-state index in [2.05, 4.69) is 16.8 Å². The molecular weight excluding hydrogens is 205 g/mol. The van der Waals surface area contributed by atoms with E-state index in [0.29, 0.717) is 6.54 Å². The molecule has 0 bridgehead atoms. The fourth-order valence-electron chi connectivity index (χ4n) is 1.70. The molecule has 0 saturated heterocycles. The van der Waals surface area contributed by atoms with Crippen molar-refractivity contribution in [3.8, 4) is 0 Å². The van der Waals surface area contributed by atoms with Gasteiger partial charge in [0.1, 0.15) is 5.82 Å². The highest BCUT2D eigenvalue weighted by Gasteiger charge is 2.05. The van der Waals surface area contributed by atoms with Crippen molar-refractivity contribution >= 4 is 0 Å². The molecule has 1 rings (SSSR count). The maximum atomic E-state index is 13.0. The third kappa shape index (κ3) is 4.68. The number of rotatable bonds is 7. The Kier molecular flexibility index (Phi) is 5.96. The van der Waals surface area contributed by atoms with E-state index in [4.69, 9.17) is 5.73 Å². The predicted molar refractivity (Wildman–Crippen MR) is 63.4 cm³/mol. The molecule has 0 aromatic carbocycles. The lowest BCUT2D eigenvalue weighted by Crippen LogP contribution is -2.26. The van der Waals surface area contributed by atoms with Crippen LogP contribution in [0.15, 0.2) is 18.5 Å². The summed E-state index contributed by atoms with van der Waals surface area (Å²) in [6.45, 7) is 5.55. The van der Waals surface area contributed by atoms with Crippen LogP contribution in [0.25, 0.3) is 0 Å². The van der Waals surface area contributed by atoms with Crippen molar-refractivity contribution in [3.05, 3.63) is 29.8 Å². The van der Waals surface area contributed by atoms with Gasteiger partial charge in [-0.1, -0.05) is 6.92 Å². The summed E-state index contributed by atoms with van der Waals surface area (Å²) < 4.78 is 13.0. The number of nitrogens with zero attached hydrogens (tertiary/aromatic N) is 2. The number of nitrogens with two attached hydrogens (primary N) is 1. The second-order valence-electron chi connectivity index (χ2n) is 3.93. The fourth-order valence-corrected chi connectivity index (χ4v) is 1.70. The summed E-state index contributed by atoms with van der Waals surface area (Å²) in [5.74, 6) is -0.271. The molecule has 0 aliphatic carbocycles. The van der Waals surface area contributed by atoms with Crippen molar-refractivity contribution in [2.75, 3.05) is 19.6 Å². The lowest BCUT2D eigenvalue weighted by atomic mass is 10.2. The van der Waals surface area contributed by atoms with Crippen molar-refractivity contribution in [2.24, 2.45) is 5.73 Å². The van der Waals surface area contributed by atoms with Crippen LogP contribution in [0.1, 0.15) is 25.3 Å². The highest BCUT2D eigenvalue weighted by atomic mass is 19.1. The van der Waals surface area contributed by atoms with E-state index < -0.39 is 0 Å². The minimum atomic E-state index is -0.271. The van der Waals surface area contributed by atoms with Crippen LogP contribution in [0.5, 0.6) is 0 Å². The lowest BCUT2D eigenvalue weighted by Gasteiger charge is -2.21. The number of hydrogen-bond donors (Lipinski definition) is 1. The van der Waals surface area contributed by atoms with Crippen molar-refractivity contribution in [2.45, 2.75) is 26.3 Å². The molecule has 90 valence electrons. The zero-order chi connectivity index (χ0) is 11.8. The van der Waals surface area contributed by atoms with Crippen LogP contribution in [0, 0.1) is 5.82 Å². The molecule has 0 radical (unpaired) electrons. The Morgan fingerprint density at radius 1 is 1.38 bits per heavy atom. The molecule has 0 unspecified atom stereocenters. The van der Waals surface area contributed by atoms with Crippen LogP contribution in [-0.2, 0) is 6.54 Å². The molecule has 1 aromatic rings. The number of pyridine rings is 1. The van der Waals surface area contributed by atoms with E-state index in [1.807, 2.05) is 0 Å². The minimum absolute atomic E-state index is 0.271. The van der Waals surface area contributed by atoms with Crippen molar-refractivity contribution in [1.29, 1.82) is 0 Å². The van der Waals surface area contributed by atoms with E-state index >= 15 is 0 Å². The van der Waals surface area contributed by atoms with Crippen LogP contribution in [0.2, 0.25) is 0 Å². The van der Waals surface area contributed by atoms with Gasteiger partial charge in [0.15, 0.2) is 0 Å². The average molecular weight is 225 g/mol. The summed E-state index contributed by atoms with van der Waals surface area (Å²) in [6.07, 6.45) is 5.01. The Morgan fingerprint density at radius 3 is 2.81 bits per heavy atom. The summed E-state index contributed by atoms with van der Waals surface area (Å²) in [4.78, 5) is 6.13. The Bertz CT molecular complexity index is 304. The topological polar surface area (TPSA) is 42.1 Å². The SMILES string of the molecule is CCCN(CCCN)Cc1cncc(F)c1. The normalized spacial score (nSPS) is 11.0. The van der Waals surface area contributed by atoms with Crippen molar-refractivity contribution in [3.63, 3.8) is 0 Å². The molecule has 0 atom stereocenters. The molecule has 2 N–H and O–H groups in total. The zero-order valence-corrected chi connectivity index (χ0v) is 9.82. The second-order valence-corrected chi connectivity index (χ2v) is 3.93. The van der Waals surface area contributed by atoms with Gasteiger partial charge in [-0.15, -0.1) is 0 Å². The number of halogens is 1. The molecule has 0 saturated carbocycles. The van der Waals surface area contributed by atoms with Gasteiger partial charge in [0.05, 0.1) is 6.20 Å². The first-order valence-corrected chi connectivity index (χ1v) is 5.78. The number of hydrogen-bond acceptors (Lipinski definition) is 3. The van der Waals surface area contributed by atoms with Crippen LogP contribution in [-0.4, -0.2) is 29.5 Å². The second kappa shape index (κ2) is 7.30. The van der Waals surface area contributed by atoms with Gasteiger partial charge in [-0.05, 0) is 44.1 Å². The highest BCUT2D eigenvalue weighted by molar-refractivity contribution is 5.09. The molecule has 0 amide bonds. The first-order valence-electron chi connectivity index (χ1n) is 5.78. The highest BCUT2D eigenvalue weighted by Crippen LogP contribution is 2.06. The Hall–Kier alpha value is -1.00. The summed E-state index contributed by atoms with van der Waals surface area (Å²) >= 11 is 0. The molecule has 4 heteroatoms. The monoisotopic (exact) mass is 225 g/mol. The lowest BCUT2D eigenvalue weighted by molar-refractivity contribution is 0.263. The van der Waals surface area contributed by atoms with E-state index in [0.717, 1.165) is 38.0 Å². The van der Waals surface area contributed by atoms with Crippen LogP contribution in [0.3, 0.4) is 0 Å². The van der Waals surface area contributed by atoms with E-state index in [9.17, 15) is 4.39 Å². The molecule has 0 fully saturated rings. The van der Waals surface area contributed by atoms with Gasteiger partial charge in [-0.3, -0.25) is 9.88 Å². The van der Waals surface area contributed by atoms with Gasteiger partial charge in [0.25, 0.3) is 0 Å². The summed E-state index contributed by atoms with van der Waals surface area (Å²) in [5, 5.41) is 0. The van der Waals surface area contributed by atoms with Crippen LogP contribution in [0.4, 0.5) is 4.39 Å². The third-order valence-electron chi connectivity index (χ3n) is 2.39. The van der Waals surface area contributed by atoms with Gasteiger partial charge in [0, 0.05) is 12.7 Å². The molecule has 3 nitrogen and oxygen atoms in total. The molecule has 16 heavy (non-hydrogen) atoms. The first kappa shape index (κ1) is 13.1. The van der Waals surface area contributed by atoms with Gasteiger partial charge in [0.2, 0.25) is 0 Å². The molecular formula is C12H20FN3. The van der Waals surface area contributed by atoms with Crippen molar-refractivity contribution in [1.82, 2.24) is 9.88 Å².